The first kappa shape index (κ1) is 14.5. The van der Waals surface area contributed by atoms with Crippen molar-refractivity contribution in [2.75, 3.05) is 12.3 Å². The number of nitrogens with two attached hydrogens (primary N) is 1. The zero-order valence-corrected chi connectivity index (χ0v) is 13.7. The Hall–Kier alpha value is -2.86. The molecule has 0 amide bonds. The van der Waals surface area contributed by atoms with Gasteiger partial charge in [0.05, 0.1) is 5.69 Å². The van der Waals surface area contributed by atoms with E-state index in [1.54, 1.807) is 6.20 Å². The number of nitrogen functional groups attached to an aromatic ring is 1. The summed E-state index contributed by atoms with van der Waals surface area (Å²) < 4.78 is 2.06. The van der Waals surface area contributed by atoms with Crippen LogP contribution in [0.5, 0.6) is 0 Å². The number of benzene rings is 1. The van der Waals surface area contributed by atoms with Gasteiger partial charge in [-0.3, -0.25) is 4.40 Å². The smallest absolute Gasteiger partial charge is 0.150 e. The molecule has 126 valence electrons. The molecule has 1 saturated carbocycles. The van der Waals surface area contributed by atoms with Crippen molar-refractivity contribution in [2.24, 2.45) is 5.92 Å². The number of imidazole rings is 1. The molecule has 1 aromatic carbocycles. The second-order valence-corrected chi connectivity index (χ2v) is 6.84. The SMILES string of the molecule is Nc1nccn2c1c(-c1cc3ccccc3[nH]1)nc2[C@H]1C[C@@H](CO)C1. The molecule has 0 unspecified atom stereocenters. The Morgan fingerprint density at radius 2 is 2.12 bits per heavy atom. The minimum absolute atomic E-state index is 0.248. The molecule has 1 aliphatic carbocycles. The third kappa shape index (κ3) is 2.14. The molecule has 0 spiro atoms. The number of aliphatic hydroxyl groups is 1. The lowest BCUT2D eigenvalue weighted by Gasteiger charge is -2.32. The molecule has 3 aromatic heterocycles. The minimum Gasteiger partial charge on any atom is -0.396 e. The number of fused-ring (bicyclic) bond motifs is 2. The lowest BCUT2D eigenvalue weighted by Crippen LogP contribution is -2.26. The molecule has 1 aliphatic rings. The molecule has 25 heavy (non-hydrogen) atoms. The van der Waals surface area contributed by atoms with Crippen LogP contribution in [0.25, 0.3) is 27.8 Å². The number of hydrogen-bond donors (Lipinski definition) is 3. The molecule has 3 heterocycles. The van der Waals surface area contributed by atoms with Crippen LogP contribution in [0, 0.1) is 5.92 Å². The van der Waals surface area contributed by atoms with Gasteiger partial charge in [0, 0.05) is 35.8 Å². The van der Waals surface area contributed by atoms with Gasteiger partial charge in [-0.2, -0.15) is 0 Å². The monoisotopic (exact) mass is 333 g/mol. The lowest BCUT2D eigenvalue weighted by atomic mass is 9.75. The number of hydrogen-bond acceptors (Lipinski definition) is 4. The first-order chi connectivity index (χ1) is 12.2. The van der Waals surface area contributed by atoms with Crippen molar-refractivity contribution in [2.45, 2.75) is 18.8 Å². The van der Waals surface area contributed by atoms with E-state index in [0.717, 1.165) is 46.5 Å². The van der Waals surface area contributed by atoms with Crippen molar-refractivity contribution in [3.8, 4) is 11.4 Å². The first-order valence-corrected chi connectivity index (χ1v) is 8.56. The number of aliphatic hydroxyl groups excluding tert-OH is 1. The zero-order valence-electron chi connectivity index (χ0n) is 13.7. The van der Waals surface area contributed by atoms with Crippen LogP contribution in [0.2, 0.25) is 0 Å². The van der Waals surface area contributed by atoms with Crippen LogP contribution in [-0.4, -0.2) is 31.1 Å². The molecule has 0 radical (unpaired) electrons. The highest BCUT2D eigenvalue weighted by atomic mass is 16.3. The van der Waals surface area contributed by atoms with Crippen molar-refractivity contribution in [1.29, 1.82) is 0 Å². The van der Waals surface area contributed by atoms with E-state index in [4.69, 9.17) is 10.7 Å². The van der Waals surface area contributed by atoms with Crippen LogP contribution in [0.3, 0.4) is 0 Å². The number of rotatable bonds is 3. The van der Waals surface area contributed by atoms with Crippen molar-refractivity contribution < 1.29 is 5.11 Å². The van der Waals surface area contributed by atoms with Crippen molar-refractivity contribution >= 4 is 22.2 Å². The lowest BCUT2D eigenvalue weighted by molar-refractivity contribution is 0.138. The van der Waals surface area contributed by atoms with E-state index in [1.165, 1.54) is 0 Å². The van der Waals surface area contributed by atoms with E-state index < -0.39 is 0 Å². The zero-order chi connectivity index (χ0) is 17.0. The highest BCUT2D eigenvalue weighted by Crippen LogP contribution is 2.42. The Bertz CT molecular complexity index is 1040. The predicted octanol–water partition coefficient (Wildman–Crippen LogP) is 2.95. The number of nitrogens with one attached hydrogen (secondary N) is 1. The van der Waals surface area contributed by atoms with Gasteiger partial charge in [-0.1, -0.05) is 18.2 Å². The fourth-order valence-corrected chi connectivity index (χ4v) is 3.86. The topological polar surface area (TPSA) is 92.2 Å². The van der Waals surface area contributed by atoms with Gasteiger partial charge in [0.15, 0.2) is 0 Å². The largest absolute Gasteiger partial charge is 0.396 e. The van der Waals surface area contributed by atoms with Gasteiger partial charge < -0.3 is 15.8 Å². The number of H-pyrrole nitrogens is 1. The molecular formula is C19H19N5O. The van der Waals surface area contributed by atoms with Crippen LogP contribution < -0.4 is 5.73 Å². The van der Waals surface area contributed by atoms with Gasteiger partial charge in [-0.15, -0.1) is 0 Å². The summed E-state index contributed by atoms with van der Waals surface area (Å²) in [6.45, 7) is 0.248. The normalized spacial score (nSPS) is 20.2. The van der Waals surface area contributed by atoms with E-state index in [-0.39, 0.29) is 6.61 Å². The van der Waals surface area contributed by atoms with Crippen molar-refractivity contribution in [3.05, 3.63) is 48.5 Å². The maximum Gasteiger partial charge on any atom is 0.150 e. The quantitative estimate of drug-likeness (QED) is 0.537. The standard InChI is InChI=1S/C19H19N5O/c20-18-17-16(15-9-12-3-1-2-4-14(12)22-15)23-19(24(17)6-5-21-18)13-7-11(8-13)10-25/h1-6,9,11,13,22,25H,7-8,10H2,(H2,20,21)/t11-,13+. The molecule has 0 saturated heterocycles. The predicted molar refractivity (Wildman–Crippen MR) is 97.2 cm³/mol. The summed E-state index contributed by atoms with van der Waals surface area (Å²) in [4.78, 5) is 12.6. The fraction of sp³-hybridized carbons (Fsp3) is 0.263. The van der Waals surface area contributed by atoms with Crippen LogP contribution in [0.4, 0.5) is 5.82 Å². The molecule has 1 fully saturated rings. The van der Waals surface area contributed by atoms with Gasteiger partial charge in [0.1, 0.15) is 22.9 Å². The molecular weight excluding hydrogens is 314 g/mol. The Kier molecular flexibility index (Phi) is 3.08. The molecule has 4 aromatic rings. The number of para-hydroxylation sites is 1. The molecule has 0 aliphatic heterocycles. The highest BCUT2D eigenvalue weighted by molar-refractivity contribution is 5.91. The summed E-state index contributed by atoms with van der Waals surface area (Å²) in [5.41, 5.74) is 9.89. The maximum atomic E-state index is 9.31. The Morgan fingerprint density at radius 1 is 1.28 bits per heavy atom. The average Bonchev–Trinajstić information content (AvgIpc) is 3.16. The Labute approximate surface area is 144 Å². The van der Waals surface area contributed by atoms with E-state index in [1.807, 2.05) is 18.3 Å². The van der Waals surface area contributed by atoms with Crippen molar-refractivity contribution in [3.63, 3.8) is 0 Å². The summed E-state index contributed by atoms with van der Waals surface area (Å²) in [5.74, 6) is 2.22. The van der Waals surface area contributed by atoms with E-state index >= 15 is 0 Å². The first-order valence-electron chi connectivity index (χ1n) is 8.56. The van der Waals surface area contributed by atoms with Crippen LogP contribution in [0.1, 0.15) is 24.6 Å². The van der Waals surface area contributed by atoms with Crippen LogP contribution in [0.15, 0.2) is 42.7 Å². The fourth-order valence-electron chi connectivity index (χ4n) is 3.86. The van der Waals surface area contributed by atoms with Gasteiger partial charge in [0.25, 0.3) is 0 Å². The van der Waals surface area contributed by atoms with Gasteiger partial charge in [-0.05, 0) is 30.9 Å². The third-order valence-corrected chi connectivity index (χ3v) is 5.25. The molecule has 0 atom stereocenters. The van der Waals surface area contributed by atoms with Gasteiger partial charge in [-0.25, -0.2) is 9.97 Å². The van der Waals surface area contributed by atoms with E-state index in [9.17, 15) is 5.11 Å². The van der Waals surface area contributed by atoms with Crippen LogP contribution >= 0.6 is 0 Å². The van der Waals surface area contributed by atoms with E-state index in [0.29, 0.717) is 17.7 Å². The summed E-state index contributed by atoms with van der Waals surface area (Å²) in [7, 11) is 0. The maximum absolute atomic E-state index is 9.31. The number of nitrogens with zero attached hydrogens (tertiary/aromatic N) is 3. The average molecular weight is 333 g/mol. The number of anilines is 1. The highest BCUT2D eigenvalue weighted by Gasteiger charge is 2.34. The Morgan fingerprint density at radius 3 is 2.92 bits per heavy atom. The van der Waals surface area contributed by atoms with Gasteiger partial charge in [0.2, 0.25) is 0 Å². The second kappa shape index (κ2) is 5.32. The molecule has 0 bridgehead atoms. The second-order valence-electron chi connectivity index (χ2n) is 6.84. The number of aromatic nitrogens is 4. The molecule has 6 nitrogen and oxygen atoms in total. The van der Waals surface area contributed by atoms with Gasteiger partial charge >= 0.3 is 0 Å². The summed E-state index contributed by atoms with van der Waals surface area (Å²) in [6, 6.07) is 10.3. The summed E-state index contributed by atoms with van der Waals surface area (Å²) >= 11 is 0. The van der Waals surface area contributed by atoms with Crippen LogP contribution in [-0.2, 0) is 0 Å². The summed E-state index contributed by atoms with van der Waals surface area (Å²) in [5, 5.41) is 10.5. The molecule has 6 heteroatoms. The molecule has 5 rings (SSSR count). The Balaban J connectivity index is 1.70. The molecule has 4 N–H and O–H groups in total. The number of aromatic amines is 1. The minimum atomic E-state index is 0.248. The summed E-state index contributed by atoms with van der Waals surface area (Å²) in [6.07, 6.45) is 5.56. The van der Waals surface area contributed by atoms with Crippen molar-refractivity contribution in [1.82, 2.24) is 19.4 Å². The third-order valence-electron chi connectivity index (χ3n) is 5.25. The van der Waals surface area contributed by atoms with E-state index in [2.05, 4.69) is 32.6 Å².